The first-order valence-corrected chi connectivity index (χ1v) is 4.30. The maximum Gasteiger partial charge on any atom is 0.134 e. The van der Waals surface area contributed by atoms with Crippen LogP contribution in [0.25, 0.3) is 11.3 Å². The van der Waals surface area contributed by atoms with E-state index in [2.05, 4.69) is 5.18 Å². The average molecular weight is 187 g/mol. The molecule has 0 atom stereocenters. The molecule has 2 rings (SSSR count). The van der Waals surface area contributed by atoms with Gasteiger partial charge in [-0.2, -0.15) is 0 Å². The minimum absolute atomic E-state index is 0.413. The van der Waals surface area contributed by atoms with Crippen molar-refractivity contribution >= 4 is 5.69 Å². The van der Waals surface area contributed by atoms with E-state index in [-0.39, 0.29) is 0 Å². The number of rotatable bonds is 2. The standard InChI is InChI=1S/C11H9NO2/c1-8-5-6-11(14-8)9-3-2-4-10(7-9)12-13/h2-7H,1H3. The number of benzene rings is 1. The lowest BCUT2D eigenvalue weighted by molar-refractivity contribution is 0.548. The Labute approximate surface area is 81.3 Å². The van der Waals surface area contributed by atoms with Crippen LogP contribution in [0.4, 0.5) is 5.69 Å². The van der Waals surface area contributed by atoms with Gasteiger partial charge >= 0.3 is 0 Å². The Balaban J connectivity index is 2.46. The van der Waals surface area contributed by atoms with Crippen LogP contribution in [0.5, 0.6) is 0 Å². The van der Waals surface area contributed by atoms with Gasteiger partial charge in [-0.15, -0.1) is 4.91 Å². The summed E-state index contributed by atoms with van der Waals surface area (Å²) < 4.78 is 5.43. The van der Waals surface area contributed by atoms with Crippen LogP contribution in [0.2, 0.25) is 0 Å². The zero-order chi connectivity index (χ0) is 9.97. The Morgan fingerprint density at radius 2 is 2.07 bits per heavy atom. The van der Waals surface area contributed by atoms with Crippen LogP contribution in [0.15, 0.2) is 46.0 Å². The van der Waals surface area contributed by atoms with Gasteiger partial charge in [0.1, 0.15) is 17.2 Å². The molecule has 2 aromatic rings. The molecule has 0 spiro atoms. The van der Waals surface area contributed by atoms with Crippen molar-refractivity contribution in [2.45, 2.75) is 6.92 Å². The van der Waals surface area contributed by atoms with Gasteiger partial charge < -0.3 is 4.42 Å². The maximum absolute atomic E-state index is 10.3. The summed E-state index contributed by atoms with van der Waals surface area (Å²) in [7, 11) is 0. The first-order chi connectivity index (χ1) is 6.79. The molecule has 70 valence electrons. The molecular formula is C11H9NO2. The Hall–Kier alpha value is -1.90. The summed E-state index contributed by atoms with van der Waals surface area (Å²) in [6.45, 7) is 1.88. The Bertz CT molecular complexity index is 460. The van der Waals surface area contributed by atoms with Crippen LogP contribution >= 0.6 is 0 Å². The van der Waals surface area contributed by atoms with Crippen molar-refractivity contribution in [1.29, 1.82) is 0 Å². The molecule has 0 fully saturated rings. The Morgan fingerprint density at radius 1 is 1.21 bits per heavy atom. The highest BCUT2D eigenvalue weighted by atomic mass is 16.3. The SMILES string of the molecule is Cc1ccc(-c2cccc(N=O)c2)o1. The van der Waals surface area contributed by atoms with Crippen LogP contribution in [0.1, 0.15) is 5.76 Å². The van der Waals surface area contributed by atoms with Crippen molar-refractivity contribution in [2.24, 2.45) is 5.18 Å². The lowest BCUT2D eigenvalue weighted by atomic mass is 10.1. The normalized spacial score (nSPS) is 10.1. The van der Waals surface area contributed by atoms with E-state index in [9.17, 15) is 4.91 Å². The van der Waals surface area contributed by atoms with Crippen LogP contribution < -0.4 is 0 Å². The fourth-order valence-corrected chi connectivity index (χ4v) is 1.31. The highest BCUT2D eigenvalue weighted by molar-refractivity contribution is 5.62. The van der Waals surface area contributed by atoms with Gasteiger partial charge in [-0.25, -0.2) is 0 Å². The average Bonchev–Trinajstić information content (AvgIpc) is 2.65. The fourth-order valence-electron chi connectivity index (χ4n) is 1.31. The molecule has 0 N–H and O–H groups in total. The van der Waals surface area contributed by atoms with E-state index in [0.717, 1.165) is 17.1 Å². The molecule has 0 bridgehead atoms. The topological polar surface area (TPSA) is 42.6 Å². The van der Waals surface area contributed by atoms with Crippen LogP contribution in [0, 0.1) is 11.8 Å². The van der Waals surface area contributed by atoms with E-state index in [1.165, 1.54) is 0 Å². The monoisotopic (exact) mass is 187 g/mol. The fraction of sp³-hybridized carbons (Fsp3) is 0.0909. The molecule has 1 aromatic heterocycles. The van der Waals surface area contributed by atoms with Gasteiger partial charge in [0, 0.05) is 5.56 Å². The molecule has 14 heavy (non-hydrogen) atoms. The quantitative estimate of drug-likeness (QED) is 0.673. The summed E-state index contributed by atoms with van der Waals surface area (Å²) in [5.74, 6) is 1.61. The summed E-state index contributed by atoms with van der Waals surface area (Å²) in [6.07, 6.45) is 0. The summed E-state index contributed by atoms with van der Waals surface area (Å²) in [5, 5.41) is 2.87. The number of nitrogens with zero attached hydrogens (tertiary/aromatic N) is 1. The van der Waals surface area contributed by atoms with Crippen molar-refractivity contribution < 1.29 is 4.42 Å². The van der Waals surface area contributed by atoms with Crippen LogP contribution in [-0.4, -0.2) is 0 Å². The Kier molecular flexibility index (Phi) is 2.14. The van der Waals surface area contributed by atoms with E-state index in [1.807, 2.05) is 25.1 Å². The zero-order valence-corrected chi connectivity index (χ0v) is 7.73. The maximum atomic E-state index is 10.3. The molecule has 0 aliphatic carbocycles. The molecule has 3 nitrogen and oxygen atoms in total. The number of nitroso groups, excluding NO2 is 1. The predicted molar refractivity (Wildman–Crippen MR) is 54.3 cm³/mol. The third kappa shape index (κ3) is 1.57. The number of hydrogen-bond acceptors (Lipinski definition) is 3. The largest absolute Gasteiger partial charge is 0.461 e. The zero-order valence-electron chi connectivity index (χ0n) is 7.73. The third-order valence-electron chi connectivity index (χ3n) is 1.98. The molecule has 1 aromatic carbocycles. The number of aryl methyl sites for hydroxylation is 1. The molecule has 3 heteroatoms. The lowest BCUT2D eigenvalue weighted by Gasteiger charge is -1.96. The molecule has 0 radical (unpaired) electrons. The minimum Gasteiger partial charge on any atom is -0.461 e. The van der Waals surface area contributed by atoms with E-state index in [1.54, 1.807) is 18.2 Å². The molecule has 0 saturated carbocycles. The van der Waals surface area contributed by atoms with Gasteiger partial charge in [0.2, 0.25) is 0 Å². The van der Waals surface area contributed by atoms with Gasteiger partial charge in [-0.1, -0.05) is 12.1 Å². The highest BCUT2D eigenvalue weighted by Gasteiger charge is 2.02. The molecule has 0 unspecified atom stereocenters. The van der Waals surface area contributed by atoms with E-state index in [0.29, 0.717) is 5.69 Å². The molecule has 0 aliphatic rings. The van der Waals surface area contributed by atoms with E-state index in [4.69, 9.17) is 4.42 Å². The molecule has 0 amide bonds. The minimum atomic E-state index is 0.413. The summed E-state index contributed by atoms with van der Waals surface area (Å²) in [5.41, 5.74) is 1.28. The second kappa shape index (κ2) is 3.46. The van der Waals surface area contributed by atoms with Crippen molar-refractivity contribution in [2.75, 3.05) is 0 Å². The van der Waals surface area contributed by atoms with Gasteiger partial charge in [-0.3, -0.25) is 0 Å². The van der Waals surface area contributed by atoms with Gasteiger partial charge in [0.15, 0.2) is 0 Å². The van der Waals surface area contributed by atoms with Gasteiger partial charge in [0.25, 0.3) is 0 Å². The first-order valence-electron chi connectivity index (χ1n) is 4.30. The predicted octanol–water partition coefficient (Wildman–Crippen LogP) is 3.65. The second-order valence-corrected chi connectivity index (χ2v) is 3.05. The summed E-state index contributed by atoms with van der Waals surface area (Å²) in [6, 6.07) is 10.8. The second-order valence-electron chi connectivity index (χ2n) is 3.05. The van der Waals surface area contributed by atoms with Crippen molar-refractivity contribution in [3.05, 3.63) is 47.1 Å². The Morgan fingerprint density at radius 3 is 2.71 bits per heavy atom. The molecule has 1 heterocycles. The van der Waals surface area contributed by atoms with Crippen molar-refractivity contribution in [3.8, 4) is 11.3 Å². The lowest BCUT2D eigenvalue weighted by Crippen LogP contribution is -1.72. The van der Waals surface area contributed by atoms with E-state index < -0.39 is 0 Å². The highest BCUT2D eigenvalue weighted by Crippen LogP contribution is 2.25. The summed E-state index contributed by atoms with van der Waals surface area (Å²) in [4.78, 5) is 10.3. The summed E-state index contributed by atoms with van der Waals surface area (Å²) >= 11 is 0. The number of hydrogen-bond donors (Lipinski definition) is 0. The van der Waals surface area contributed by atoms with Crippen molar-refractivity contribution in [1.82, 2.24) is 0 Å². The smallest absolute Gasteiger partial charge is 0.134 e. The molecular weight excluding hydrogens is 178 g/mol. The van der Waals surface area contributed by atoms with Crippen LogP contribution in [-0.2, 0) is 0 Å². The number of furan rings is 1. The molecule has 0 saturated heterocycles. The van der Waals surface area contributed by atoms with Gasteiger partial charge in [0.05, 0.1) is 0 Å². The first kappa shape index (κ1) is 8.69. The van der Waals surface area contributed by atoms with Gasteiger partial charge in [-0.05, 0) is 36.4 Å². The van der Waals surface area contributed by atoms with Crippen LogP contribution in [0.3, 0.4) is 0 Å². The molecule has 0 aliphatic heterocycles. The van der Waals surface area contributed by atoms with E-state index >= 15 is 0 Å². The third-order valence-corrected chi connectivity index (χ3v) is 1.98. The van der Waals surface area contributed by atoms with Crippen molar-refractivity contribution in [3.63, 3.8) is 0 Å².